The molecule has 0 bridgehead atoms. The molecule has 0 atom stereocenters. The molecule has 4 rings (SSSR count). The second-order valence-electron chi connectivity index (χ2n) is 5.94. The van der Waals surface area contributed by atoms with E-state index in [1.807, 2.05) is 0 Å². The molecular weight excluding hydrogens is 406 g/mol. The molecule has 0 saturated heterocycles. The molecule has 4 aromatic rings. The summed E-state index contributed by atoms with van der Waals surface area (Å²) in [5.41, 5.74) is 0. The summed E-state index contributed by atoms with van der Waals surface area (Å²) in [7, 11) is -0.446. The molecule has 0 saturated carbocycles. The molecule has 4 heteroatoms. The average molecular weight is 425 g/mol. The molecule has 0 unspecified atom stereocenters. The zero-order valence-corrected chi connectivity index (χ0v) is 17.4. The van der Waals surface area contributed by atoms with Crippen LogP contribution in [0, 0.1) is 0 Å². The average Bonchev–Trinajstić information content (AvgIpc) is 2.74. The Morgan fingerprint density at radius 2 is 0.929 bits per heavy atom. The van der Waals surface area contributed by atoms with Gasteiger partial charge in [0.05, 0.1) is 5.02 Å². The molecule has 0 fully saturated rings. The van der Waals surface area contributed by atoms with E-state index in [-0.39, 0.29) is 10.8 Å². The van der Waals surface area contributed by atoms with Gasteiger partial charge in [-0.15, -0.1) is 0 Å². The van der Waals surface area contributed by atoms with Crippen LogP contribution in [0.15, 0.2) is 109 Å². The Balaban J connectivity index is 0.000000211. The summed E-state index contributed by atoms with van der Waals surface area (Å²) in [5, 5.41) is 13.9. The van der Waals surface area contributed by atoms with Crippen LogP contribution < -0.4 is 15.9 Å². The predicted molar refractivity (Wildman–Crippen MR) is 123 cm³/mol. The third kappa shape index (κ3) is 5.59. The molecule has 0 spiro atoms. The minimum Gasteiger partial charge on any atom is -0.506 e. The minimum absolute atomic E-state index is 0.0565. The summed E-state index contributed by atoms with van der Waals surface area (Å²) in [6.45, 7) is 0. The van der Waals surface area contributed by atoms with E-state index in [0.29, 0.717) is 5.02 Å². The smallest absolute Gasteiger partial charge is 0.134 e. The molecule has 0 aliphatic rings. The van der Waals surface area contributed by atoms with Crippen LogP contribution in [0.25, 0.3) is 0 Å². The van der Waals surface area contributed by atoms with Gasteiger partial charge in [-0.2, -0.15) is 0 Å². The Morgan fingerprint density at radius 1 is 0.536 bits per heavy atom. The van der Waals surface area contributed by atoms with E-state index >= 15 is 0 Å². The number of phenolic OH excluding ortho intramolecular Hbond substituents is 1. The summed E-state index contributed by atoms with van der Waals surface area (Å²) < 4.78 is 0. The van der Waals surface area contributed by atoms with Gasteiger partial charge >= 0.3 is 0 Å². The van der Waals surface area contributed by atoms with Crippen molar-refractivity contribution >= 4 is 47.0 Å². The van der Waals surface area contributed by atoms with E-state index in [9.17, 15) is 0 Å². The lowest BCUT2D eigenvalue weighted by molar-refractivity contribution is 0.475. The third-order valence-corrected chi connectivity index (χ3v) is 6.93. The van der Waals surface area contributed by atoms with Gasteiger partial charge < -0.3 is 5.11 Å². The molecule has 1 N–H and O–H groups in total. The monoisotopic (exact) mass is 424 g/mol. The highest BCUT2D eigenvalue weighted by atomic mass is 35.5. The molecule has 0 radical (unpaired) electrons. The lowest BCUT2D eigenvalue weighted by Crippen LogP contribution is -2.20. The van der Waals surface area contributed by atoms with Crippen molar-refractivity contribution < 1.29 is 5.11 Å². The fourth-order valence-corrected chi connectivity index (χ4v) is 5.37. The van der Waals surface area contributed by atoms with E-state index in [1.165, 1.54) is 28.0 Å². The van der Waals surface area contributed by atoms with Gasteiger partial charge in [-0.05, 0) is 42.0 Å². The number of phenols is 1. The quantitative estimate of drug-likeness (QED) is 0.391. The van der Waals surface area contributed by atoms with Gasteiger partial charge in [0.2, 0.25) is 0 Å². The van der Waals surface area contributed by atoms with Crippen LogP contribution in [0.1, 0.15) is 0 Å². The number of hydrogen-bond donors (Lipinski definition) is 1. The van der Waals surface area contributed by atoms with Crippen LogP contribution in [0.4, 0.5) is 0 Å². The first-order valence-electron chi connectivity index (χ1n) is 8.74. The molecule has 0 amide bonds. The van der Waals surface area contributed by atoms with Crippen molar-refractivity contribution in [3.05, 3.63) is 119 Å². The van der Waals surface area contributed by atoms with Gasteiger partial charge in [-0.25, -0.2) is 0 Å². The Hall–Kier alpha value is -2.31. The molecule has 1 nitrogen and oxygen atoms in total. The summed E-state index contributed by atoms with van der Waals surface area (Å²) in [5.74, 6) is 0.0565. The van der Waals surface area contributed by atoms with Gasteiger partial charge in [0.25, 0.3) is 0 Å². The summed E-state index contributed by atoms with van der Waals surface area (Å²) in [4.78, 5) is 0. The highest BCUT2D eigenvalue weighted by Gasteiger charge is 2.14. The molecule has 0 heterocycles. The van der Waals surface area contributed by atoms with Gasteiger partial charge in [0.15, 0.2) is 0 Å². The maximum absolute atomic E-state index is 8.85. The standard InChI is InChI=1S/C18H15P.C6H4Cl2O/c1-4-10-16(11-5-1)19(17-12-6-2-7-13-17)18-14-8-3-9-15-18;7-4-1-2-6(9)5(8)3-4/h1-15H;1-3,9H. The van der Waals surface area contributed by atoms with Crippen molar-refractivity contribution in [2.45, 2.75) is 0 Å². The zero-order valence-electron chi connectivity index (χ0n) is 15.0. The summed E-state index contributed by atoms with van der Waals surface area (Å²) in [6, 6.07) is 36.8. The van der Waals surface area contributed by atoms with E-state index in [0.717, 1.165) is 0 Å². The third-order valence-electron chi connectivity index (χ3n) is 3.95. The normalized spacial score (nSPS) is 10.2. The Kier molecular flexibility index (Phi) is 7.51. The van der Waals surface area contributed by atoms with E-state index in [1.54, 1.807) is 6.07 Å². The zero-order chi connectivity index (χ0) is 19.8. The lowest BCUT2D eigenvalue weighted by Gasteiger charge is -2.18. The lowest BCUT2D eigenvalue weighted by atomic mass is 10.3. The van der Waals surface area contributed by atoms with Crippen LogP contribution in [0.2, 0.25) is 10.0 Å². The number of aromatic hydroxyl groups is 1. The van der Waals surface area contributed by atoms with Gasteiger partial charge in [-0.1, -0.05) is 114 Å². The highest BCUT2D eigenvalue weighted by molar-refractivity contribution is 7.79. The van der Waals surface area contributed by atoms with Crippen LogP contribution in [0.5, 0.6) is 5.75 Å². The Morgan fingerprint density at radius 3 is 1.25 bits per heavy atom. The molecule has 4 aromatic carbocycles. The maximum Gasteiger partial charge on any atom is 0.134 e. The molecule has 0 aromatic heterocycles. The van der Waals surface area contributed by atoms with E-state index < -0.39 is 7.92 Å². The number of benzene rings is 4. The van der Waals surface area contributed by atoms with Crippen molar-refractivity contribution in [3.63, 3.8) is 0 Å². The number of halogens is 2. The molecule has 0 aliphatic heterocycles. The molecule has 140 valence electrons. The number of rotatable bonds is 3. The maximum atomic E-state index is 8.85. The van der Waals surface area contributed by atoms with Crippen LogP contribution in [0.3, 0.4) is 0 Å². The first kappa shape index (κ1) is 20.4. The molecular formula is C24H19Cl2OP. The van der Waals surface area contributed by atoms with Crippen molar-refractivity contribution in [3.8, 4) is 5.75 Å². The van der Waals surface area contributed by atoms with Crippen molar-refractivity contribution in [2.75, 3.05) is 0 Å². The predicted octanol–water partition coefficient (Wildman–Crippen LogP) is 6.14. The van der Waals surface area contributed by atoms with Gasteiger partial charge in [0, 0.05) is 5.02 Å². The van der Waals surface area contributed by atoms with Crippen molar-refractivity contribution in [2.24, 2.45) is 0 Å². The molecule has 0 aliphatic carbocycles. The number of hydrogen-bond acceptors (Lipinski definition) is 1. The topological polar surface area (TPSA) is 20.2 Å². The Bertz CT molecular complexity index is 899. The summed E-state index contributed by atoms with van der Waals surface area (Å²) in [6.07, 6.45) is 0. The Labute approximate surface area is 177 Å². The van der Waals surface area contributed by atoms with Crippen LogP contribution in [-0.4, -0.2) is 5.11 Å². The second kappa shape index (κ2) is 10.3. The summed E-state index contributed by atoms with van der Waals surface area (Å²) >= 11 is 11.0. The highest BCUT2D eigenvalue weighted by Crippen LogP contribution is 2.32. The second-order valence-corrected chi connectivity index (χ2v) is 9.00. The van der Waals surface area contributed by atoms with Gasteiger partial charge in [0.1, 0.15) is 5.75 Å². The fourth-order valence-electron chi connectivity index (χ4n) is 2.66. The fraction of sp³-hybridized carbons (Fsp3) is 0. The largest absolute Gasteiger partial charge is 0.506 e. The van der Waals surface area contributed by atoms with E-state index in [2.05, 4.69) is 91.0 Å². The van der Waals surface area contributed by atoms with Crippen LogP contribution in [-0.2, 0) is 0 Å². The minimum atomic E-state index is -0.446. The first-order chi connectivity index (χ1) is 13.6. The SMILES string of the molecule is Oc1ccc(Cl)cc1Cl.c1ccc(P(c2ccccc2)c2ccccc2)cc1. The van der Waals surface area contributed by atoms with Crippen molar-refractivity contribution in [1.29, 1.82) is 0 Å². The van der Waals surface area contributed by atoms with Crippen LogP contribution >= 0.6 is 31.1 Å². The van der Waals surface area contributed by atoms with Gasteiger partial charge in [-0.3, -0.25) is 0 Å². The van der Waals surface area contributed by atoms with E-state index in [4.69, 9.17) is 28.3 Å². The first-order valence-corrected chi connectivity index (χ1v) is 10.8. The van der Waals surface area contributed by atoms with Crippen molar-refractivity contribution in [1.82, 2.24) is 0 Å². The molecule has 28 heavy (non-hydrogen) atoms.